The van der Waals surface area contributed by atoms with E-state index in [9.17, 15) is 14.0 Å². The molecule has 0 spiro atoms. The summed E-state index contributed by atoms with van der Waals surface area (Å²) in [7, 11) is 0. The molecule has 6 nitrogen and oxygen atoms in total. The van der Waals surface area contributed by atoms with E-state index < -0.39 is 17.6 Å². The number of imide groups is 1. The molecule has 3 aliphatic rings. The third kappa shape index (κ3) is 3.52. The Labute approximate surface area is 180 Å². The topological polar surface area (TPSA) is 59.1 Å². The number of carbonyl (C=O) groups is 2. The Morgan fingerprint density at radius 1 is 1.03 bits per heavy atom. The van der Waals surface area contributed by atoms with E-state index in [0.29, 0.717) is 26.1 Å². The fourth-order valence-electron chi connectivity index (χ4n) is 4.44. The molecule has 0 N–H and O–H groups in total. The Morgan fingerprint density at radius 2 is 1.83 bits per heavy atom. The Kier molecular flexibility index (Phi) is 5.66. The molecule has 30 heavy (non-hydrogen) atoms. The van der Waals surface area contributed by atoms with Crippen LogP contribution in [0.2, 0.25) is 0 Å². The maximum Gasteiger partial charge on any atom is 0.264 e. The van der Waals surface area contributed by atoms with Crippen molar-refractivity contribution >= 4 is 24.2 Å². The average molecular weight is 433 g/mol. The maximum absolute atomic E-state index is 14.1. The van der Waals surface area contributed by atoms with Crippen LogP contribution in [0.4, 0.5) is 4.39 Å². The molecule has 2 atom stereocenters. The first kappa shape index (κ1) is 20.6. The second kappa shape index (κ2) is 8.24. The van der Waals surface area contributed by atoms with Crippen LogP contribution in [0, 0.1) is 5.82 Å². The van der Waals surface area contributed by atoms with Crippen LogP contribution in [-0.4, -0.2) is 60.0 Å². The van der Waals surface area contributed by atoms with Crippen molar-refractivity contribution in [2.24, 2.45) is 0 Å². The minimum absolute atomic E-state index is 0. The summed E-state index contributed by atoms with van der Waals surface area (Å²) in [6, 6.07) is 11.5. The van der Waals surface area contributed by atoms with E-state index in [2.05, 4.69) is 4.90 Å². The third-order valence-electron chi connectivity index (χ3n) is 5.77. The zero-order chi connectivity index (χ0) is 20.0. The summed E-state index contributed by atoms with van der Waals surface area (Å²) in [6.07, 6.45) is 1.45. The van der Waals surface area contributed by atoms with Gasteiger partial charge in [0.2, 0.25) is 0 Å². The summed E-state index contributed by atoms with van der Waals surface area (Å²) in [6.45, 7) is 2.50. The van der Waals surface area contributed by atoms with Crippen molar-refractivity contribution < 1.29 is 23.5 Å². The van der Waals surface area contributed by atoms with E-state index in [0.717, 1.165) is 24.5 Å². The highest BCUT2D eigenvalue weighted by Crippen LogP contribution is 2.32. The lowest BCUT2D eigenvalue weighted by Gasteiger charge is -2.38. The molecular weight excluding hydrogens is 411 g/mol. The fourth-order valence-corrected chi connectivity index (χ4v) is 4.44. The Hall–Kier alpha value is -2.64. The number of piperidine rings is 1. The molecule has 0 saturated carbocycles. The van der Waals surface area contributed by atoms with Crippen molar-refractivity contribution in [2.75, 3.05) is 26.2 Å². The number of hydrogen-bond donors (Lipinski definition) is 0. The summed E-state index contributed by atoms with van der Waals surface area (Å²) in [4.78, 5) is 29.0. The lowest BCUT2D eigenvalue weighted by Crippen LogP contribution is -2.52. The van der Waals surface area contributed by atoms with Crippen molar-refractivity contribution in [3.8, 4) is 11.5 Å². The first-order chi connectivity index (χ1) is 14.1. The Morgan fingerprint density at radius 3 is 2.63 bits per heavy atom. The average Bonchev–Trinajstić information content (AvgIpc) is 2.99. The lowest BCUT2D eigenvalue weighted by atomic mass is 10.0. The van der Waals surface area contributed by atoms with Gasteiger partial charge in [0.05, 0.1) is 17.2 Å². The van der Waals surface area contributed by atoms with Gasteiger partial charge in [-0.1, -0.05) is 18.2 Å². The van der Waals surface area contributed by atoms with E-state index in [1.807, 2.05) is 24.3 Å². The number of ether oxygens (including phenoxy) is 2. The van der Waals surface area contributed by atoms with Crippen molar-refractivity contribution in [3.05, 3.63) is 59.4 Å². The zero-order valence-electron chi connectivity index (χ0n) is 16.3. The molecule has 0 aromatic heterocycles. The summed E-state index contributed by atoms with van der Waals surface area (Å²) in [5.74, 6) is -0.0902. The monoisotopic (exact) mass is 432 g/mol. The van der Waals surface area contributed by atoms with Gasteiger partial charge in [0.1, 0.15) is 18.5 Å². The van der Waals surface area contributed by atoms with Crippen molar-refractivity contribution in [1.29, 1.82) is 0 Å². The molecule has 2 aromatic rings. The van der Waals surface area contributed by atoms with E-state index in [1.165, 1.54) is 23.1 Å². The van der Waals surface area contributed by atoms with Crippen molar-refractivity contribution in [2.45, 2.75) is 25.0 Å². The largest absolute Gasteiger partial charge is 0.486 e. The Balaban J connectivity index is 0.00000218. The normalized spacial score (nSPS) is 23.2. The van der Waals surface area contributed by atoms with Crippen LogP contribution in [0.5, 0.6) is 11.5 Å². The highest BCUT2D eigenvalue weighted by molar-refractivity contribution is 6.21. The van der Waals surface area contributed by atoms with Crippen LogP contribution in [0.25, 0.3) is 0 Å². The van der Waals surface area contributed by atoms with Gasteiger partial charge in [-0.25, -0.2) is 4.39 Å². The fraction of sp³-hybridized carbons (Fsp3) is 0.364. The van der Waals surface area contributed by atoms with Crippen molar-refractivity contribution in [1.82, 2.24) is 9.80 Å². The van der Waals surface area contributed by atoms with Crippen LogP contribution in [0.1, 0.15) is 33.6 Å². The molecule has 0 radical (unpaired) electrons. The van der Waals surface area contributed by atoms with Crippen LogP contribution in [0.3, 0.4) is 0 Å². The summed E-state index contributed by atoms with van der Waals surface area (Å²) in [5.41, 5.74) is 0.0583. The number of fused-ring (bicyclic) bond motifs is 2. The van der Waals surface area contributed by atoms with Gasteiger partial charge in [-0.05, 0) is 43.7 Å². The minimum atomic E-state index is -0.637. The molecule has 2 unspecified atom stereocenters. The number of carbonyl (C=O) groups excluding carboxylic acids is 2. The molecule has 1 saturated heterocycles. The molecule has 0 aliphatic carbocycles. The predicted octanol–water partition coefficient (Wildman–Crippen LogP) is 3.15. The van der Waals surface area contributed by atoms with Crippen LogP contribution < -0.4 is 9.47 Å². The van der Waals surface area contributed by atoms with Crippen LogP contribution in [-0.2, 0) is 0 Å². The molecule has 3 aliphatic heterocycles. The summed E-state index contributed by atoms with van der Waals surface area (Å²) in [5, 5.41) is 0. The molecule has 2 amide bonds. The van der Waals surface area contributed by atoms with Gasteiger partial charge >= 0.3 is 0 Å². The maximum atomic E-state index is 14.1. The standard InChI is InChI=1S/C22H21FN2O4.ClH/c23-17-7-3-6-16-20(17)22(27)25(21(16)26)14-5-4-10-24(11-14)12-15-13-28-18-8-1-2-9-19(18)29-15;/h1-3,6-9,14-15H,4-5,10-13H2;1H. The number of nitrogens with zero attached hydrogens (tertiary/aromatic N) is 2. The van der Waals surface area contributed by atoms with Gasteiger partial charge in [-0.3, -0.25) is 19.4 Å². The molecule has 0 bridgehead atoms. The van der Waals surface area contributed by atoms with Crippen molar-refractivity contribution in [3.63, 3.8) is 0 Å². The number of amides is 2. The van der Waals surface area contributed by atoms with Gasteiger partial charge in [0.25, 0.3) is 11.8 Å². The van der Waals surface area contributed by atoms with Crippen LogP contribution >= 0.6 is 12.4 Å². The number of likely N-dealkylation sites (tertiary alicyclic amines) is 1. The summed E-state index contributed by atoms with van der Waals surface area (Å²) >= 11 is 0. The van der Waals surface area contributed by atoms with Gasteiger partial charge in [-0.2, -0.15) is 0 Å². The van der Waals surface area contributed by atoms with Gasteiger partial charge in [0.15, 0.2) is 11.5 Å². The van der Waals surface area contributed by atoms with Gasteiger partial charge in [-0.15, -0.1) is 12.4 Å². The number of halogens is 2. The third-order valence-corrected chi connectivity index (χ3v) is 5.77. The second-order valence-corrected chi connectivity index (χ2v) is 7.70. The van der Waals surface area contributed by atoms with Crippen LogP contribution in [0.15, 0.2) is 42.5 Å². The molecule has 2 aromatic carbocycles. The van der Waals surface area contributed by atoms with E-state index in [-0.39, 0.29) is 35.7 Å². The van der Waals surface area contributed by atoms with E-state index >= 15 is 0 Å². The Bertz CT molecular complexity index is 985. The predicted molar refractivity (Wildman–Crippen MR) is 110 cm³/mol. The first-order valence-electron chi connectivity index (χ1n) is 9.89. The number of hydrogen-bond acceptors (Lipinski definition) is 5. The smallest absolute Gasteiger partial charge is 0.264 e. The minimum Gasteiger partial charge on any atom is -0.486 e. The molecule has 8 heteroatoms. The number of benzene rings is 2. The molecule has 3 heterocycles. The first-order valence-corrected chi connectivity index (χ1v) is 9.89. The molecule has 1 fully saturated rings. The number of rotatable bonds is 3. The highest BCUT2D eigenvalue weighted by Gasteiger charge is 2.43. The zero-order valence-corrected chi connectivity index (χ0v) is 17.1. The SMILES string of the molecule is Cl.O=C1c2cccc(F)c2C(=O)N1C1CCCN(CC2COc3ccccc3O2)C1. The number of para-hydroxylation sites is 2. The summed E-state index contributed by atoms with van der Waals surface area (Å²) < 4.78 is 25.9. The van der Waals surface area contributed by atoms with Gasteiger partial charge in [0, 0.05) is 13.1 Å². The molecule has 158 valence electrons. The quantitative estimate of drug-likeness (QED) is 0.697. The van der Waals surface area contributed by atoms with Gasteiger partial charge < -0.3 is 9.47 Å². The highest BCUT2D eigenvalue weighted by atomic mass is 35.5. The second-order valence-electron chi connectivity index (χ2n) is 7.70. The van der Waals surface area contributed by atoms with E-state index in [4.69, 9.17) is 9.47 Å². The van der Waals surface area contributed by atoms with E-state index in [1.54, 1.807) is 0 Å². The molecular formula is C22H22ClFN2O4. The molecule has 5 rings (SSSR count). The lowest BCUT2D eigenvalue weighted by molar-refractivity contribution is 0.0299.